The highest BCUT2D eigenvalue weighted by molar-refractivity contribution is 7.32. The van der Waals surface area contributed by atoms with Crippen molar-refractivity contribution < 1.29 is 25.8 Å². The molecule has 0 N–H and O–H groups in total. The maximum Gasteiger partial charge on any atom is 0.387 e. The van der Waals surface area contributed by atoms with Gasteiger partial charge in [-0.2, -0.15) is 0 Å². The fourth-order valence-corrected chi connectivity index (χ4v) is 10.3. The first-order chi connectivity index (χ1) is 27.1. The topological polar surface area (TPSA) is 71.0 Å². The average molecular weight is 827 g/mol. The van der Waals surface area contributed by atoms with Gasteiger partial charge in [-0.15, -0.1) is 0 Å². The van der Waals surface area contributed by atoms with Crippen molar-refractivity contribution in [1.29, 1.82) is 0 Å². The van der Waals surface area contributed by atoms with Crippen LogP contribution in [0.5, 0.6) is 0 Å². The summed E-state index contributed by atoms with van der Waals surface area (Å²) in [5, 5.41) is 4.29. The van der Waals surface area contributed by atoms with E-state index >= 15 is 0 Å². The van der Waals surface area contributed by atoms with Crippen molar-refractivity contribution in [2.45, 2.75) is 171 Å². The molecule has 8 heteroatoms. The molecular weight excluding hydrogens is 758 g/mol. The van der Waals surface area contributed by atoms with Gasteiger partial charge in [-0.25, -0.2) is 0 Å². The van der Waals surface area contributed by atoms with Gasteiger partial charge in [0.05, 0.1) is 12.2 Å². The van der Waals surface area contributed by atoms with Crippen LogP contribution >= 0.6 is 16.5 Å². The Kier molecular flexibility index (Phi) is 12.9. The maximum absolute atomic E-state index is 6.96. The predicted molar refractivity (Wildman–Crippen MR) is 248 cm³/mol. The minimum absolute atomic E-state index is 0.153. The number of benzene rings is 4. The number of hydrogen-bond donors (Lipinski definition) is 0. The van der Waals surface area contributed by atoms with Gasteiger partial charge in [0.2, 0.25) is 0 Å². The molecule has 0 saturated heterocycles. The van der Waals surface area contributed by atoms with E-state index in [0.29, 0.717) is 6.42 Å². The van der Waals surface area contributed by atoms with E-state index in [1.54, 1.807) is 0 Å². The Labute approximate surface area is 349 Å². The van der Waals surface area contributed by atoms with Gasteiger partial charge in [0, 0.05) is 44.7 Å². The van der Waals surface area contributed by atoms with Crippen molar-refractivity contribution in [1.82, 2.24) is 0 Å². The molecule has 3 atom stereocenters. The molecule has 0 aliphatic rings. The number of aryl methyl sites for hydroxylation is 5. The van der Waals surface area contributed by atoms with Crippen LogP contribution in [0, 0.1) is 6.92 Å². The SMILES string of the molecule is CCc1cc(C)c2op(O[C@H](C)C[C@@H](C)Op3oc4c(C(C)(C)C)cc(CC)cc4c4cc(CC)cc(C(C)(C)C)c4o3)oc3c(C(C)(C)C)cc(CC)cc3c2c1. The Balaban J connectivity index is 1.46. The van der Waals surface area contributed by atoms with Gasteiger partial charge >= 0.3 is 16.5 Å². The summed E-state index contributed by atoms with van der Waals surface area (Å²) in [6, 6.07) is 18.2. The first-order valence-corrected chi connectivity index (χ1v) is 23.7. The molecule has 1 unspecified atom stereocenters. The molecule has 2 aromatic heterocycles. The van der Waals surface area contributed by atoms with Gasteiger partial charge in [0.1, 0.15) is 22.3 Å². The van der Waals surface area contributed by atoms with Crippen LogP contribution in [0.3, 0.4) is 0 Å². The molecule has 58 heavy (non-hydrogen) atoms. The first-order valence-electron chi connectivity index (χ1n) is 21.5. The van der Waals surface area contributed by atoms with E-state index in [-0.39, 0.29) is 28.5 Å². The molecule has 0 saturated carbocycles. The van der Waals surface area contributed by atoms with Crippen molar-refractivity contribution in [3.8, 4) is 0 Å². The van der Waals surface area contributed by atoms with Crippen LogP contribution in [0.25, 0.3) is 43.9 Å². The zero-order valence-corrected chi connectivity index (χ0v) is 39.9. The molecule has 2 heterocycles. The van der Waals surface area contributed by atoms with Crippen LogP contribution in [0.15, 0.2) is 65.3 Å². The van der Waals surface area contributed by atoms with Gasteiger partial charge in [-0.3, -0.25) is 9.05 Å². The summed E-state index contributed by atoms with van der Waals surface area (Å²) >= 11 is 0. The quantitative estimate of drug-likeness (QED) is 0.137. The molecule has 0 aliphatic carbocycles. The van der Waals surface area contributed by atoms with Crippen molar-refractivity contribution in [3.63, 3.8) is 0 Å². The van der Waals surface area contributed by atoms with E-state index in [0.717, 1.165) is 91.8 Å². The number of hydrogen-bond acceptors (Lipinski definition) is 6. The average Bonchev–Trinajstić information content (AvgIpc) is 3.39. The third kappa shape index (κ3) is 9.32. The van der Waals surface area contributed by atoms with Crippen LogP contribution in [0.2, 0.25) is 0 Å². The number of fused-ring (bicyclic) bond motifs is 6. The van der Waals surface area contributed by atoms with E-state index in [1.165, 1.54) is 22.3 Å². The van der Waals surface area contributed by atoms with Crippen molar-refractivity contribution in [2.24, 2.45) is 0 Å². The zero-order chi connectivity index (χ0) is 42.5. The van der Waals surface area contributed by atoms with Crippen LogP contribution in [-0.2, 0) is 41.9 Å². The van der Waals surface area contributed by atoms with E-state index < -0.39 is 16.5 Å². The summed E-state index contributed by atoms with van der Waals surface area (Å²) in [6.07, 6.45) is 3.77. The molecule has 314 valence electrons. The first kappa shape index (κ1) is 44.2. The predicted octanol–water partition coefficient (Wildman–Crippen LogP) is 16.1. The standard InChI is InChI=1S/C50H68O6P2/c1-17-33-21-30(5)44-37(23-33)38-24-34(18-2)27-41(48(8,9)10)45(38)54-57(53-44)51-31(6)22-32(7)52-58-55-46-39(25-35(19-3)28-42(46)49(11,12)13)40-26-36(20-4)29-43(47(40)56-58)50(14,15)16/h21,23-29,31-32H,17-20,22H2,1-16H3/t31-,32-,57?/m1/s1. The van der Waals surface area contributed by atoms with Crippen LogP contribution in [0.4, 0.5) is 0 Å². The van der Waals surface area contributed by atoms with Gasteiger partial charge in [-0.1, -0.05) is 114 Å². The summed E-state index contributed by atoms with van der Waals surface area (Å²) < 4.78 is 41.2. The van der Waals surface area contributed by atoms with Crippen molar-refractivity contribution >= 4 is 60.4 Å². The van der Waals surface area contributed by atoms with E-state index in [1.807, 2.05) is 0 Å². The fraction of sp³-hybridized carbons (Fsp3) is 0.520. The molecular formula is C50H68O6P2. The lowest BCUT2D eigenvalue weighted by atomic mass is 9.82. The number of rotatable bonds is 10. The lowest BCUT2D eigenvalue weighted by Gasteiger charge is -2.22. The molecule has 0 amide bonds. The summed E-state index contributed by atoms with van der Waals surface area (Å²) in [5.74, 6) is 0. The highest BCUT2D eigenvalue weighted by Crippen LogP contribution is 2.45. The summed E-state index contributed by atoms with van der Waals surface area (Å²) in [4.78, 5) is 0. The largest absolute Gasteiger partial charge is 0.399 e. The van der Waals surface area contributed by atoms with Gasteiger partial charge in [-0.05, 0) is 115 Å². The summed E-state index contributed by atoms with van der Waals surface area (Å²) in [5.41, 5.74) is 12.6. The third-order valence-electron chi connectivity index (χ3n) is 11.3. The lowest BCUT2D eigenvalue weighted by Crippen LogP contribution is -2.21. The Morgan fingerprint density at radius 2 is 0.724 bits per heavy atom. The summed E-state index contributed by atoms with van der Waals surface area (Å²) in [6.45, 7) is 35.3. The molecule has 0 fully saturated rings. The Morgan fingerprint density at radius 1 is 0.448 bits per heavy atom. The van der Waals surface area contributed by atoms with Gasteiger partial charge < -0.3 is 16.8 Å². The zero-order valence-electron chi connectivity index (χ0n) is 38.2. The maximum atomic E-state index is 6.96. The minimum Gasteiger partial charge on any atom is -0.399 e. The van der Waals surface area contributed by atoms with Crippen molar-refractivity contribution in [3.05, 3.63) is 93.0 Å². The van der Waals surface area contributed by atoms with E-state index in [2.05, 4.69) is 159 Å². The fourth-order valence-electron chi connectivity index (χ4n) is 7.89. The highest BCUT2D eigenvalue weighted by atomic mass is 31.1. The van der Waals surface area contributed by atoms with Crippen LogP contribution < -0.4 is 9.05 Å². The molecule has 4 aromatic carbocycles. The second-order valence-electron chi connectivity index (χ2n) is 19.4. The van der Waals surface area contributed by atoms with E-state index in [4.69, 9.17) is 25.8 Å². The molecule has 0 radical (unpaired) electrons. The monoisotopic (exact) mass is 826 g/mol. The molecule has 0 bridgehead atoms. The van der Waals surface area contributed by atoms with Gasteiger partial charge in [0.15, 0.2) is 0 Å². The summed E-state index contributed by atoms with van der Waals surface area (Å²) in [7, 11) is -3.63. The van der Waals surface area contributed by atoms with Crippen molar-refractivity contribution in [2.75, 3.05) is 0 Å². The molecule has 6 aromatic rings. The molecule has 0 spiro atoms. The van der Waals surface area contributed by atoms with Crippen LogP contribution in [0.1, 0.15) is 155 Å². The second kappa shape index (κ2) is 16.9. The highest BCUT2D eigenvalue weighted by Gasteiger charge is 2.27. The van der Waals surface area contributed by atoms with Gasteiger partial charge in [0.25, 0.3) is 0 Å². The molecule has 0 aliphatic heterocycles. The molecule has 6 rings (SSSR count). The normalized spacial score (nSPS) is 14.2. The lowest BCUT2D eigenvalue weighted by molar-refractivity contribution is 0.184. The Hall–Kier alpha value is -3.40. The second-order valence-corrected chi connectivity index (χ2v) is 21.4. The third-order valence-corrected chi connectivity index (χ3v) is 13.7. The van der Waals surface area contributed by atoms with E-state index in [9.17, 15) is 0 Å². The Morgan fingerprint density at radius 3 is 1.02 bits per heavy atom. The van der Waals surface area contributed by atoms with Crippen LogP contribution in [-0.4, -0.2) is 12.2 Å². The molecule has 6 nitrogen and oxygen atoms in total. The Bertz CT molecular complexity index is 2450. The minimum atomic E-state index is -1.83. The smallest absolute Gasteiger partial charge is 0.387 e.